The minimum absolute atomic E-state index is 0.100. The number of hydrogen-bond donors (Lipinski definition) is 2. The zero-order valence-electron chi connectivity index (χ0n) is 18.3. The molecule has 0 saturated heterocycles. The number of carbonyl (C=O) groups is 1. The maximum Gasteiger partial charge on any atom is 0.339 e. The Morgan fingerprint density at radius 3 is 2.84 bits per heavy atom. The number of aromatic nitrogens is 2. The molecular formula is C24H26FN3O2S2. The summed E-state index contributed by atoms with van der Waals surface area (Å²) in [6.45, 7) is 5.94. The summed E-state index contributed by atoms with van der Waals surface area (Å²) >= 11 is 3.05. The molecule has 0 fully saturated rings. The van der Waals surface area contributed by atoms with Crippen molar-refractivity contribution in [2.75, 3.05) is 5.32 Å². The number of hydrogen-bond acceptors (Lipinski definition) is 6. The van der Waals surface area contributed by atoms with E-state index in [1.54, 1.807) is 19.2 Å². The third-order valence-corrected chi connectivity index (χ3v) is 7.35. The smallest absolute Gasteiger partial charge is 0.339 e. The summed E-state index contributed by atoms with van der Waals surface area (Å²) in [5, 5.41) is 15.4. The van der Waals surface area contributed by atoms with E-state index in [0.29, 0.717) is 30.3 Å². The van der Waals surface area contributed by atoms with E-state index in [4.69, 9.17) is 4.98 Å². The lowest BCUT2D eigenvalue weighted by Crippen LogP contribution is -2.20. The van der Waals surface area contributed by atoms with Gasteiger partial charge < -0.3 is 10.4 Å². The molecule has 1 aliphatic rings. The highest BCUT2D eigenvalue weighted by Gasteiger charge is 2.28. The van der Waals surface area contributed by atoms with Crippen LogP contribution in [0, 0.1) is 5.92 Å². The first kappa shape index (κ1) is 22.6. The van der Waals surface area contributed by atoms with Gasteiger partial charge in [-0.3, -0.25) is 0 Å². The normalized spacial score (nSPS) is 18.6. The van der Waals surface area contributed by atoms with Gasteiger partial charge in [0.05, 0.1) is 5.69 Å². The van der Waals surface area contributed by atoms with E-state index in [2.05, 4.69) is 24.1 Å². The SMILES string of the molecule is CC(C)Cc1sc(Nc2ncc(-c3cccs3)cc2C(=O)O)nc1C1=CCC(C)(F)CC1. The van der Waals surface area contributed by atoms with Crippen LogP contribution in [0.4, 0.5) is 15.3 Å². The summed E-state index contributed by atoms with van der Waals surface area (Å²) in [7, 11) is 0. The van der Waals surface area contributed by atoms with Crippen LogP contribution in [0.2, 0.25) is 0 Å². The highest BCUT2D eigenvalue weighted by Crippen LogP contribution is 2.39. The van der Waals surface area contributed by atoms with Gasteiger partial charge in [0, 0.05) is 21.5 Å². The Kier molecular flexibility index (Phi) is 6.44. The number of alkyl halides is 1. The Morgan fingerprint density at radius 2 is 2.22 bits per heavy atom. The van der Waals surface area contributed by atoms with Gasteiger partial charge in [-0.2, -0.15) is 0 Å². The molecule has 3 heterocycles. The van der Waals surface area contributed by atoms with Crippen LogP contribution in [-0.2, 0) is 6.42 Å². The number of anilines is 2. The molecule has 3 aromatic rings. The van der Waals surface area contributed by atoms with E-state index in [-0.39, 0.29) is 11.4 Å². The predicted octanol–water partition coefficient (Wildman–Crippen LogP) is 7.20. The zero-order valence-corrected chi connectivity index (χ0v) is 19.9. The van der Waals surface area contributed by atoms with Crippen LogP contribution < -0.4 is 5.32 Å². The average Bonchev–Trinajstić information content (AvgIpc) is 3.38. The zero-order chi connectivity index (χ0) is 22.9. The quantitative estimate of drug-likeness (QED) is 0.381. The molecule has 0 saturated carbocycles. The second-order valence-electron chi connectivity index (χ2n) is 8.76. The van der Waals surface area contributed by atoms with Crippen molar-refractivity contribution in [2.45, 2.75) is 52.1 Å². The van der Waals surface area contributed by atoms with Crippen LogP contribution in [0.1, 0.15) is 61.0 Å². The molecular weight excluding hydrogens is 445 g/mol. The van der Waals surface area contributed by atoms with Crippen molar-refractivity contribution in [1.82, 2.24) is 9.97 Å². The van der Waals surface area contributed by atoms with Gasteiger partial charge in [-0.25, -0.2) is 19.2 Å². The van der Waals surface area contributed by atoms with Crippen molar-refractivity contribution < 1.29 is 14.3 Å². The lowest BCUT2D eigenvalue weighted by molar-refractivity contribution is 0.0697. The maximum absolute atomic E-state index is 14.3. The molecule has 1 unspecified atom stereocenters. The molecule has 3 aromatic heterocycles. The number of halogens is 1. The van der Waals surface area contributed by atoms with Gasteiger partial charge in [-0.1, -0.05) is 26.0 Å². The number of rotatable bonds is 7. The molecule has 2 N–H and O–H groups in total. The standard InChI is InChI=1S/C24H26FN3O2S2/c1-14(2)11-19-20(15-6-8-24(3,25)9-7-15)27-23(32-19)28-21-17(22(29)30)12-16(13-26-21)18-5-4-10-31-18/h4-6,10,12-14H,7-9,11H2,1-3H3,(H,29,30)(H,26,27,28). The number of nitrogens with zero attached hydrogens (tertiary/aromatic N) is 2. The molecule has 0 spiro atoms. The molecule has 1 atom stereocenters. The summed E-state index contributed by atoms with van der Waals surface area (Å²) < 4.78 is 14.3. The van der Waals surface area contributed by atoms with Crippen LogP contribution >= 0.6 is 22.7 Å². The number of carboxylic acids is 1. The Labute approximate surface area is 195 Å². The molecule has 0 amide bonds. The van der Waals surface area contributed by atoms with Gasteiger partial charge in [0.15, 0.2) is 5.13 Å². The highest BCUT2D eigenvalue weighted by atomic mass is 32.1. The third-order valence-electron chi connectivity index (χ3n) is 5.43. The van der Waals surface area contributed by atoms with Gasteiger partial charge in [-0.05, 0) is 61.6 Å². The first-order chi connectivity index (χ1) is 15.2. The topological polar surface area (TPSA) is 75.1 Å². The number of thiazole rings is 1. The molecule has 168 valence electrons. The summed E-state index contributed by atoms with van der Waals surface area (Å²) in [5.41, 5.74) is 1.67. The molecule has 1 aliphatic carbocycles. The van der Waals surface area contributed by atoms with Crippen molar-refractivity contribution in [1.29, 1.82) is 0 Å². The Balaban J connectivity index is 1.66. The Morgan fingerprint density at radius 1 is 1.41 bits per heavy atom. The van der Waals surface area contributed by atoms with E-state index < -0.39 is 11.6 Å². The number of nitrogens with one attached hydrogen (secondary N) is 1. The van der Waals surface area contributed by atoms with E-state index in [0.717, 1.165) is 33.0 Å². The minimum Gasteiger partial charge on any atom is -0.478 e. The maximum atomic E-state index is 14.3. The summed E-state index contributed by atoms with van der Waals surface area (Å²) in [6.07, 6.45) is 6.01. The lowest BCUT2D eigenvalue weighted by atomic mass is 9.86. The number of pyridine rings is 1. The van der Waals surface area contributed by atoms with Gasteiger partial charge in [0.2, 0.25) is 0 Å². The van der Waals surface area contributed by atoms with Crippen LogP contribution in [0.3, 0.4) is 0 Å². The third kappa shape index (κ3) is 5.07. The molecule has 5 nitrogen and oxygen atoms in total. The van der Waals surface area contributed by atoms with Crippen molar-refractivity contribution in [3.63, 3.8) is 0 Å². The van der Waals surface area contributed by atoms with Crippen LogP contribution in [0.25, 0.3) is 16.0 Å². The van der Waals surface area contributed by atoms with Crippen LogP contribution in [0.15, 0.2) is 35.9 Å². The van der Waals surface area contributed by atoms with Crippen molar-refractivity contribution in [3.05, 3.63) is 52.0 Å². The first-order valence-electron chi connectivity index (χ1n) is 10.6. The molecule has 8 heteroatoms. The molecule has 0 bridgehead atoms. The van der Waals surface area contributed by atoms with E-state index in [1.165, 1.54) is 22.7 Å². The van der Waals surface area contributed by atoms with Gasteiger partial charge in [0.25, 0.3) is 0 Å². The fourth-order valence-electron chi connectivity index (χ4n) is 3.72. The Bertz CT molecular complexity index is 1150. The second-order valence-corrected chi connectivity index (χ2v) is 10.8. The van der Waals surface area contributed by atoms with Gasteiger partial charge in [0.1, 0.15) is 17.1 Å². The molecule has 0 radical (unpaired) electrons. The average molecular weight is 472 g/mol. The summed E-state index contributed by atoms with van der Waals surface area (Å²) in [4.78, 5) is 23.2. The number of thiophene rings is 1. The number of allylic oxidation sites excluding steroid dienone is 2. The highest BCUT2D eigenvalue weighted by molar-refractivity contribution is 7.15. The van der Waals surface area contributed by atoms with Crippen molar-refractivity contribution in [3.8, 4) is 10.4 Å². The minimum atomic E-state index is -1.16. The monoisotopic (exact) mass is 471 g/mol. The lowest BCUT2D eigenvalue weighted by Gasteiger charge is -2.24. The second kappa shape index (κ2) is 9.11. The van der Waals surface area contributed by atoms with Gasteiger partial charge in [-0.15, -0.1) is 22.7 Å². The molecule has 4 rings (SSSR count). The van der Waals surface area contributed by atoms with E-state index >= 15 is 0 Å². The summed E-state index contributed by atoms with van der Waals surface area (Å²) in [5.74, 6) is -0.339. The van der Waals surface area contributed by atoms with Crippen LogP contribution in [0.5, 0.6) is 0 Å². The largest absolute Gasteiger partial charge is 0.478 e. The summed E-state index contributed by atoms with van der Waals surface area (Å²) in [6, 6.07) is 5.50. The first-order valence-corrected chi connectivity index (χ1v) is 12.3. The van der Waals surface area contributed by atoms with E-state index in [9.17, 15) is 14.3 Å². The fourth-order valence-corrected chi connectivity index (χ4v) is 5.64. The predicted molar refractivity (Wildman–Crippen MR) is 130 cm³/mol. The molecule has 0 aromatic carbocycles. The van der Waals surface area contributed by atoms with Crippen molar-refractivity contribution in [2.24, 2.45) is 5.92 Å². The Hall–Kier alpha value is -2.58. The fraction of sp³-hybridized carbons (Fsp3) is 0.375. The van der Waals surface area contributed by atoms with Gasteiger partial charge >= 0.3 is 5.97 Å². The van der Waals surface area contributed by atoms with E-state index in [1.807, 2.05) is 23.6 Å². The number of carboxylic acid groups (broad SMARTS) is 1. The van der Waals surface area contributed by atoms with Crippen molar-refractivity contribution >= 4 is 45.2 Å². The molecule has 32 heavy (non-hydrogen) atoms. The number of aromatic carboxylic acids is 1. The van der Waals surface area contributed by atoms with Crippen LogP contribution in [-0.4, -0.2) is 26.7 Å². The molecule has 0 aliphatic heterocycles.